The summed E-state index contributed by atoms with van der Waals surface area (Å²) in [6.07, 6.45) is 0.588. The van der Waals surface area contributed by atoms with E-state index >= 15 is 0 Å². The van der Waals surface area contributed by atoms with Crippen LogP contribution in [0.15, 0.2) is 65.1 Å². The first-order valence-electron chi connectivity index (χ1n) is 8.72. The number of hydrazone groups is 1. The molecule has 5 rings (SSSR count). The molecule has 0 unspecified atom stereocenters. The van der Waals surface area contributed by atoms with Gasteiger partial charge in [0.2, 0.25) is 6.23 Å². The Morgan fingerprint density at radius 1 is 1.19 bits per heavy atom. The molecule has 0 radical (unpaired) electrons. The zero-order valence-corrected chi connectivity index (χ0v) is 16.2. The fourth-order valence-electron chi connectivity index (χ4n) is 3.64. The van der Waals surface area contributed by atoms with Crippen molar-refractivity contribution in [2.24, 2.45) is 5.10 Å². The molecule has 2 atom stereocenters. The number of benzene rings is 2. The molecule has 136 valence electrons. The maximum Gasteiger partial charge on any atom is 0.222 e. The minimum atomic E-state index is -0.223. The molecule has 3 aromatic rings. The van der Waals surface area contributed by atoms with Crippen LogP contribution in [0.4, 0.5) is 0 Å². The van der Waals surface area contributed by atoms with Crippen molar-refractivity contribution in [3.63, 3.8) is 0 Å². The summed E-state index contributed by atoms with van der Waals surface area (Å²) in [5.41, 5.74) is 3.22. The van der Waals surface area contributed by atoms with Crippen LogP contribution < -0.4 is 9.47 Å². The molecular weight excluding hydrogens is 380 g/mol. The molecule has 27 heavy (non-hydrogen) atoms. The van der Waals surface area contributed by atoms with Crippen LogP contribution >= 0.6 is 22.9 Å². The fourth-order valence-corrected chi connectivity index (χ4v) is 4.56. The number of methoxy groups -OCH3 is 1. The fraction of sp³-hybridized carbons (Fsp3) is 0.190. The van der Waals surface area contributed by atoms with Crippen molar-refractivity contribution in [2.75, 3.05) is 7.11 Å². The lowest BCUT2D eigenvalue weighted by Gasteiger charge is -2.37. The lowest BCUT2D eigenvalue weighted by molar-refractivity contribution is -0.0165. The highest BCUT2D eigenvalue weighted by atomic mass is 35.5. The number of hydrogen-bond donors (Lipinski definition) is 0. The van der Waals surface area contributed by atoms with Crippen LogP contribution in [0.25, 0.3) is 0 Å². The van der Waals surface area contributed by atoms with Gasteiger partial charge in [-0.2, -0.15) is 5.10 Å². The van der Waals surface area contributed by atoms with Crippen molar-refractivity contribution in [1.82, 2.24) is 5.01 Å². The van der Waals surface area contributed by atoms with Crippen molar-refractivity contribution in [2.45, 2.75) is 18.7 Å². The first-order chi connectivity index (χ1) is 13.2. The summed E-state index contributed by atoms with van der Waals surface area (Å²) >= 11 is 7.95. The van der Waals surface area contributed by atoms with Gasteiger partial charge in [0.05, 0.1) is 23.7 Å². The highest BCUT2D eigenvalue weighted by Gasteiger charge is 2.41. The van der Waals surface area contributed by atoms with E-state index in [4.69, 9.17) is 26.2 Å². The normalized spacial score (nSPS) is 20.5. The number of fused-ring (bicyclic) bond motifs is 3. The second kappa shape index (κ2) is 6.59. The van der Waals surface area contributed by atoms with Crippen molar-refractivity contribution >= 4 is 28.6 Å². The Kier molecular flexibility index (Phi) is 4.06. The molecule has 4 nitrogen and oxygen atoms in total. The van der Waals surface area contributed by atoms with E-state index in [-0.39, 0.29) is 12.3 Å². The largest absolute Gasteiger partial charge is 0.497 e. The van der Waals surface area contributed by atoms with Crippen LogP contribution in [0.3, 0.4) is 0 Å². The zero-order valence-electron chi connectivity index (χ0n) is 14.6. The first kappa shape index (κ1) is 16.7. The molecular formula is C21H17ClN2O2S. The Bertz CT molecular complexity index is 1000. The summed E-state index contributed by atoms with van der Waals surface area (Å²) in [6.45, 7) is 0. The summed E-state index contributed by atoms with van der Waals surface area (Å²) in [7, 11) is 1.67. The molecule has 1 aromatic heterocycles. The SMILES string of the molecule is COc1ccc(C2=NN3[C@@H](c4cccs4)Oc4ccc(Cl)cc4[C@@H]3C2)cc1. The van der Waals surface area contributed by atoms with Gasteiger partial charge in [-0.05, 0) is 59.5 Å². The molecule has 0 spiro atoms. The average molecular weight is 397 g/mol. The summed E-state index contributed by atoms with van der Waals surface area (Å²) in [5.74, 6) is 1.72. The minimum absolute atomic E-state index is 0.108. The third-order valence-corrected chi connectivity index (χ3v) is 6.10. The van der Waals surface area contributed by atoms with Crippen molar-refractivity contribution in [3.05, 3.63) is 81.0 Å². The summed E-state index contributed by atoms with van der Waals surface area (Å²) < 4.78 is 11.6. The molecule has 0 fully saturated rings. The predicted octanol–water partition coefficient (Wildman–Crippen LogP) is 5.65. The van der Waals surface area contributed by atoms with Crippen LogP contribution in [-0.4, -0.2) is 17.8 Å². The van der Waals surface area contributed by atoms with E-state index in [1.54, 1.807) is 18.4 Å². The highest BCUT2D eigenvalue weighted by Crippen LogP contribution is 2.48. The average Bonchev–Trinajstić information content (AvgIpc) is 3.38. The smallest absolute Gasteiger partial charge is 0.222 e. The van der Waals surface area contributed by atoms with Gasteiger partial charge in [0.1, 0.15) is 11.5 Å². The van der Waals surface area contributed by atoms with Gasteiger partial charge in [-0.25, -0.2) is 5.01 Å². The highest BCUT2D eigenvalue weighted by molar-refractivity contribution is 7.10. The van der Waals surface area contributed by atoms with Crippen LogP contribution in [0, 0.1) is 0 Å². The zero-order chi connectivity index (χ0) is 18.4. The van der Waals surface area contributed by atoms with E-state index < -0.39 is 0 Å². The number of nitrogens with zero attached hydrogens (tertiary/aromatic N) is 2. The standard InChI is InChI=1S/C21H17ClN2O2S/c1-25-15-7-4-13(5-8-15)17-12-18-16-11-14(22)6-9-19(16)26-21(24(18)23-17)20-3-2-10-27-20/h2-11,18,21H,12H2,1H3/t18-,21+/m0/s1. The Morgan fingerprint density at radius 2 is 2.04 bits per heavy atom. The third-order valence-electron chi connectivity index (χ3n) is 4.96. The molecule has 2 aromatic carbocycles. The number of ether oxygens (including phenoxy) is 2. The predicted molar refractivity (Wildman–Crippen MR) is 108 cm³/mol. The van der Waals surface area contributed by atoms with E-state index in [0.717, 1.165) is 39.6 Å². The molecule has 3 heterocycles. The van der Waals surface area contributed by atoms with Gasteiger partial charge in [-0.3, -0.25) is 0 Å². The van der Waals surface area contributed by atoms with E-state index in [2.05, 4.69) is 28.6 Å². The third kappa shape index (κ3) is 2.87. The van der Waals surface area contributed by atoms with Gasteiger partial charge in [-0.15, -0.1) is 11.3 Å². The van der Waals surface area contributed by atoms with Crippen LogP contribution in [0.2, 0.25) is 5.02 Å². The van der Waals surface area contributed by atoms with Gasteiger partial charge in [0, 0.05) is 17.0 Å². The van der Waals surface area contributed by atoms with Crippen molar-refractivity contribution in [3.8, 4) is 11.5 Å². The summed E-state index contributed by atoms with van der Waals surface area (Å²) in [4.78, 5) is 1.14. The van der Waals surface area contributed by atoms with Crippen LogP contribution in [0.5, 0.6) is 11.5 Å². The molecule has 0 aliphatic carbocycles. The molecule has 0 saturated carbocycles. The summed E-state index contributed by atoms with van der Waals surface area (Å²) in [6, 6.07) is 18.1. The Morgan fingerprint density at radius 3 is 2.78 bits per heavy atom. The minimum Gasteiger partial charge on any atom is -0.497 e. The molecule has 0 N–H and O–H groups in total. The van der Waals surface area contributed by atoms with E-state index in [0.29, 0.717) is 5.02 Å². The molecule has 2 aliphatic heterocycles. The lowest BCUT2D eigenvalue weighted by Crippen LogP contribution is -2.33. The van der Waals surface area contributed by atoms with E-state index in [1.807, 2.05) is 36.4 Å². The van der Waals surface area contributed by atoms with Crippen LogP contribution in [-0.2, 0) is 0 Å². The van der Waals surface area contributed by atoms with Gasteiger partial charge in [-0.1, -0.05) is 17.7 Å². The Balaban J connectivity index is 1.57. The van der Waals surface area contributed by atoms with E-state index in [1.165, 1.54) is 0 Å². The monoisotopic (exact) mass is 396 g/mol. The van der Waals surface area contributed by atoms with Gasteiger partial charge >= 0.3 is 0 Å². The maximum absolute atomic E-state index is 6.32. The first-order valence-corrected chi connectivity index (χ1v) is 9.98. The summed E-state index contributed by atoms with van der Waals surface area (Å²) in [5, 5.41) is 9.80. The second-order valence-corrected chi connectivity index (χ2v) is 7.96. The molecule has 0 bridgehead atoms. The van der Waals surface area contributed by atoms with Gasteiger partial charge in [0.15, 0.2) is 0 Å². The molecule has 6 heteroatoms. The van der Waals surface area contributed by atoms with Crippen LogP contribution in [0.1, 0.15) is 34.7 Å². The molecule has 0 saturated heterocycles. The number of thiophene rings is 1. The Hall–Kier alpha value is -2.50. The van der Waals surface area contributed by atoms with Crippen molar-refractivity contribution < 1.29 is 9.47 Å². The number of rotatable bonds is 3. The molecule has 0 amide bonds. The second-order valence-electron chi connectivity index (χ2n) is 6.54. The lowest BCUT2D eigenvalue weighted by atomic mass is 9.96. The van der Waals surface area contributed by atoms with Crippen molar-refractivity contribution in [1.29, 1.82) is 0 Å². The topological polar surface area (TPSA) is 34.1 Å². The van der Waals surface area contributed by atoms with Gasteiger partial charge < -0.3 is 9.47 Å². The van der Waals surface area contributed by atoms with Gasteiger partial charge in [0.25, 0.3) is 0 Å². The quantitative estimate of drug-likeness (QED) is 0.573. The molecule has 2 aliphatic rings. The van der Waals surface area contributed by atoms with E-state index in [9.17, 15) is 0 Å². The number of hydrogen-bond acceptors (Lipinski definition) is 5. The number of halogens is 1. The Labute approximate surface area is 166 Å². The maximum atomic E-state index is 6.32.